The molecule has 0 bridgehead atoms. The molecule has 46 heavy (non-hydrogen) atoms. The van der Waals surface area contributed by atoms with Gasteiger partial charge < -0.3 is 19.3 Å². The summed E-state index contributed by atoms with van der Waals surface area (Å²) in [4.78, 5) is 29.1. The number of carbonyl (C=O) groups is 2. The summed E-state index contributed by atoms with van der Waals surface area (Å²) in [6.07, 6.45) is 2.80. The molecular weight excluding hydrogens is 602 g/mol. The summed E-state index contributed by atoms with van der Waals surface area (Å²) in [5.41, 5.74) is 5.13. The number of ether oxygens (including phenoxy) is 2. The molecule has 0 aromatic heterocycles. The monoisotopic (exact) mass is 641 g/mol. The van der Waals surface area contributed by atoms with E-state index < -0.39 is 10.0 Å². The molecule has 5 rings (SSSR count). The first kappa shape index (κ1) is 32.6. The first-order valence-corrected chi connectivity index (χ1v) is 16.5. The van der Waals surface area contributed by atoms with Gasteiger partial charge in [-0.2, -0.15) is 0 Å². The minimum absolute atomic E-state index is 0.0214. The number of hydrogen-bond acceptors (Lipinski definition) is 6. The van der Waals surface area contributed by atoms with Crippen molar-refractivity contribution in [1.29, 1.82) is 0 Å². The molecule has 0 aliphatic heterocycles. The molecule has 10 heteroatoms. The van der Waals surface area contributed by atoms with Gasteiger partial charge in [0.1, 0.15) is 16.4 Å². The van der Waals surface area contributed by atoms with Crippen molar-refractivity contribution in [3.63, 3.8) is 0 Å². The zero-order valence-corrected chi connectivity index (χ0v) is 27.6. The minimum atomic E-state index is -4.09. The standard InChI is InChI=1S/C36H39N3O6S/c1-38(2)36(41)28-10-6-9-26(21-28)27-15-19-33(45-5)34(22-27)46(42,43)37-29-16-14-25-8-7-11-32(31(25)23-29)39(3)35(40)20-24-12-17-30(44-4)18-13-24/h6,9-10,12-19,21-23,32,37H,7-8,11,20H2,1-5H3. The molecule has 0 saturated carbocycles. The van der Waals surface area contributed by atoms with E-state index in [9.17, 15) is 18.0 Å². The summed E-state index contributed by atoms with van der Waals surface area (Å²) < 4.78 is 41.1. The Hall–Kier alpha value is -4.83. The van der Waals surface area contributed by atoms with Gasteiger partial charge in [0.2, 0.25) is 5.91 Å². The summed E-state index contributed by atoms with van der Waals surface area (Å²) in [6, 6.07) is 24.8. The number of fused-ring (bicyclic) bond motifs is 1. The van der Waals surface area contributed by atoms with Crippen LogP contribution in [0.1, 0.15) is 45.9 Å². The summed E-state index contributed by atoms with van der Waals surface area (Å²) >= 11 is 0. The average Bonchev–Trinajstić information content (AvgIpc) is 3.07. The lowest BCUT2D eigenvalue weighted by Crippen LogP contribution is -2.34. The Kier molecular flexibility index (Phi) is 9.67. The van der Waals surface area contributed by atoms with E-state index in [4.69, 9.17) is 9.47 Å². The summed E-state index contributed by atoms with van der Waals surface area (Å²) in [5, 5.41) is 0. The molecule has 1 aliphatic carbocycles. The molecule has 0 saturated heterocycles. The number of sulfonamides is 1. The summed E-state index contributed by atoms with van der Waals surface area (Å²) in [5.74, 6) is 0.753. The molecule has 1 aliphatic rings. The third-order valence-electron chi connectivity index (χ3n) is 8.36. The maximum atomic E-state index is 13.8. The van der Waals surface area contributed by atoms with Gasteiger partial charge in [-0.05, 0) is 95.6 Å². The second-order valence-corrected chi connectivity index (χ2v) is 13.3. The van der Waals surface area contributed by atoms with Gasteiger partial charge in [-0.25, -0.2) is 8.42 Å². The number of carbonyl (C=O) groups excluding carboxylic acids is 2. The molecule has 9 nitrogen and oxygen atoms in total. The van der Waals surface area contributed by atoms with Crippen LogP contribution in [-0.4, -0.2) is 65.4 Å². The van der Waals surface area contributed by atoms with Gasteiger partial charge in [-0.1, -0.05) is 36.4 Å². The van der Waals surface area contributed by atoms with E-state index in [1.165, 1.54) is 12.0 Å². The van der Waals surface area contributed by atoms with E-state index >= 15 is 0 Å². The van der Waals surface area contributed by atoms with Crippen molar-refractivity contribution in [2.75, 3.05) is 40.1 Å². The maximum absolute atomic E-state index is 13.8. The van der Waals surface area contributed by atoms with Crippen LogP contribution in [0.2, 0.25) is 0 Å². The number of aryl methyl sites for hydroxylation is 1. The van der Waals surface area contributed by atoms with Crippen molar-refractivity contribution in [1.82, 2.24) is 9.80 Å². The molecule has 0 radical (unpaired) electrons. The normalized spacial score (nSPS) is 14.2. The molecule has 0 heterocycles. The first-order valence-electron chi connectivity index (χ1n) is 15.0. The van der Waals surface area contributed by atoms with Crippen LogP contribution in [-0.2, 0) is 27.7 Å². The first-order chi connectivity index (χ1) is 22.0. The van der Waals surface area contributed by atoms with Crippen molar-refractivity contribution in [3.8, 4) is 22.6 Å². The van der Waals surface area contributed by atoms with E-state index in [1.807, 2.05) is 42.5 Å². The zero-order chi connectivity index (χ0) is 33.0. The number of likely N-dealkylation sites (N-methyl/N-ethyl adjacent to an activating group) is 1. The molecular formula is C36H39N3O6S. The Bertz CT molecular complexity index is 1850. The number of rotatable bonds is 10. The van der Waals surface area contributed by atoms with Crippen LogP contribution in [0.25, 0.3) is 11.1 Å². The Balaban J connectivity index is 1.41. The SMILES string of the molecule is COc1ccc(CC(=O)N(C)C2CCCc3ccc(NS(=O)(=O)c4cc(-c5cccc(C(=O)N(C)C)c5)ccc4OC)cc32)cc1. The van der Waals surface area contributed by atoms with Crippen molar-refractivity contribution in [2.45, 2.75) is 36.6 Å². The molecule has 240 valence electrons. The van der Waals surface area contributed by atoms with Crippen LogP contribution in [0.4, 0.5) is 5.69 Å². The average molecular weight is 642 g/mol. The highest BCUT2D eigenvalue weighted by molar-refractivity contribution is 7.92. The van der Waals surface area contributed by atoms with Crippen molar-refractivity contribution >= 4 is 27.5 Å². The summed E-state index contributed by atoms with van der Waals surface area (Å²) in [6.45, 7) is 0. The summed E-state index contributed by atoms with van der Waals surface area (Å²) in [7, 11) is 4.10. The van der Waals surface area contributed by atoms with E-state index in [1.54, 1.807) is 75.6 Å². The highest BCUT2D eigenvalue weighted by Gasteiger charge is 2.28. The fraction of sp³-hybridized carbons (Fsp3) is 0.278. The molecule has 0 fully saturated rings. The number of nitrogens with one attached hydrogen (secondary N) is 1. The van der Waals surface area contributed by atoms with Gasteiger partial charge in [-0.15, -0.1) is 0 Å². The Morgan fingerprint density at radius 2 is 1.61 bits per heavy atom. The number of benzene rings is 4. The third kappa shape index (κ3) is 7.02. The molecule has 2 amide bonds. The second kappa shape index (κ2) is 13.7. The van der Waals surface area contributed by atoms with Gasteiger partial charge in [0.05, 0.1) is 26.7 Å². The highest BCUT2D eigenvalue weighted by Crippen LogP contribution is 2.37. The van der Waals surface area contributed by atoms with Gasteiger partial charge >= 0.3 is 0 Å². The van der Waals surface area contributed by atoms with Crippen LogP contribution in [0.15, 0.2) is 89.8 Å². The molecule has 0 spiro atoms. The lowest BCUT2D eigenvalue weighted by molar-refractivity contribution is -0.131. The smallest absolute Gasteiger partial charge is 0.265 e. The van der Waals surface area contributed by atoms with Crippen LogP contribution < -0.4 is 14.2 Å². The fourth-order valence-corrected chi connectivity index (χ4v) is 7.07. The predicted molar refractivity (Wildman–Crippen MR) is 179 cm³/mol. The number of nitrogens with zero attached hydrogens (tertiary/aromatic N) is 2. The number of anilines is 1. The minimum Gasteiger partial charge on any atom is -0.497 e. The second-order valence-electron chi connectivity index (χ2n) is 11.6. The van der Waals surface area contributed by atoms with Gasteiger partial charge in [-0.3, -0.25) is 14.3 Å². The molecule has 4 aromatic rings. The van der Waals surface area contributed by atoms with Gasteiger partial charge in [0.25, 0.3) is 15.9 Å². The van der Waals surface area contributed by atoms with E-state index in [0.717, 1.165) is 41.7 Å². The molecule has 4 aromatic carbocycles. The van der Waals surface area contributed by atoms with Crippen molar-refractivity contribution in [3.05, 3.63) is 107 Å². The fourth-order valence-electron chi connectivity index (χ4n) is 5.82. The Labute approximate surface area is 270 Å². The van der Waals surface area contributed by atoms with Crippen LogP contribution in [0.3, 0.4) is 0 Å². The lowest BCUT2D eigenvalue weighted by Gasteiger charge is -2.34. The molecule has 1 atom stereocenters. The topological polar surface area (TPSA) is 105 Å². The van der Waals surface area contributed by atoms with Crippen molar-refractivity contribution in [2.24, 2.45) is 0 Å². The maximum Gasteiger partial charge on any atom is 0.265 e. The zero-order valence-electron chi connectivity index (χ0n) is 26.7. The predicted octanol–water partition coefficient (Wildman–Crippen LogP) is 5.95. The van der Waals surface area contributed by atoms with Gasteiger partial charge in [0, 0.05) is 32.4 Å². The van der Waals surface area contributed by atoms with E-state index in [-0.39, 0.29) is 34.9 Å². The number of hydrogen-bond donors (Lipinski definition) is 1. The van der Waals surface area contributed by atoms with Crippen LogP contribution >= 0.6 is 0 Å². The van der Waals surface area contributed by atoms with Gasteiger partial charge in [0.15, 0.2) is 0 Å². The lowest BCUT2D eigenvalue weighted by atomic mass is 9.86. The van der Waals surface area contributed by atoms with Crippen LogP contribution in [0.5, 0.6) is 11.5 Å². The highest BCUT2D eigenvalue weighted by atomic mass is 32.2. The Morgan fingerprint density at radius 3 is 2.30 bits per heavy atom. The number of amides is 2. The molecule has 1 unspecified atom stereocenters. The van der Waals surface area contributed by atoms with E-state index in [0.29, 0.717) is 22.4 Å². The van der Waals surface area contributed by atoms with Crippen LogP contribution in [0, 0.1) is 0 Å². The van der Waals surface area contributed by atoms with Crippen molar-refractivity contribution < 1.29 is 27.5 Å². The number of methoxy groups -OCH3 is 2. The largest absolute Gasteiger partial charge is 0.497 e. The third-order valence-corrected chi connectivity index (χ3v) is 9.76. The van der Waals surface area contributed by atoms with E-state index in [2.05, 4.69) is 4.72 Å². The molecule has 1 N–H and O–H groups in total. The Morgan fingerprint density at radius 1 is 0.870 bits per heavy atom. The quantitative estimate of drug-likeness (QED) is 0.230.